The molecule has 0 bridgehead atoms. The maximum Gasteiger partial charge on any atom is 0.280 e. The summed E-state index contributed by atoms with van der Waals surface area (Å²) in [6, 6.07) is 13.9. The number of rotatable bonds is 6. The van der Waals surface area contributed by atoms with Gasteiger partial charge in [0, 0.05) is 39.3 Å². The van der Waals surface area contributed by atoms with Gasteiger partial charge in [0.05, 0.1) is 22.0 Å². The van der Waals surface area contributed by atoms with Gasteiger partial charge in [0.15, 0.2) is 10.1 Å². The molecular weight excluding hydrogens is 430 g/mol. The third-order valence-corrected chi connectivity index (χ3v) is 7.55. The highest BCUT2D eigenvalue weighted by Gasteiger charge is 2.21. The molecule has 1 amide bonds. The highest BCUT2D eigenvalue weighted by atomic mass is 32.1. The summed E-state index contributed by atoms with van der Waals surface area (Å²) in [7, 11) is 1.68. The lowest BCUT2D eigenvalue weighted by atomic mass is 10.3. The first kappa shape index (κ1) is 20.2. The fourth-order valence-electron chi connectivity index (χ4n) is 3.75. The van der Waals surface area contributed by atoms with Gasteiger partial charge in [-0.2, -0.15) is 0 Å². The Hall–Kier alpha value is -2.75. The number of benzene rings is 2. The predicted octanol–water partition coefficient (Wildman–Crippen LogP) is 3.47. The van der Waals surface area contributed by atoms with Gasteiger partial charge in [-0.05, 0) is 24.3 Å². The van der Waals surface area contributed by atoms with Crippen LogP contribution in [0.2, 0.25) is 0 Å². The molecular formula is C22H23N5O2S2. The van der Waals surface area contributed by atoms with Crippen molar-refractivity contribution < 1.29 is 9.53 Å². The number of aromatic nitrogens is 2. The van der Waals surface area contributed by atoms with Crippen LogP contribution in [0, 0.1) is 0 Å². The molecule has 1 aliphatic heterocycles. The summed E-state index contributed by atoms with van der Waals surface area (Å²) >= 11 is 3.14. The van der Waals surface area contributed by atoms with Crippen molar-refractivity contribution in [1.82, 2.24) is 20.2 Å². The van der Waals surface area contributed by atoms with Crippen LogP contribution >= 0.6 is 22.7 Å². The zero-order valence-corrected chi connectivity index (χ0v) is 18.8. The van der Waals surface area contributed by atoms with Crippen LogP contribution in [0.1, 0.15) is 9.80 Å². The first-order valence-corrected chi connectivity index (χ1v) is 11.9. The van der Waals surface area contributed by atoms with Gasteiger partial charge >= 0.3 is 0 Å². The molecule has 160 valence electrons. The molecule has 4 aromatic rings. The number of hydrogen-bond acceptors (Lipinski definition) is 8. The number of hydrogen-bond donors (Lipinski definition) is 1. The van der Waals surface area contributed by atoms with Gasteiger partial charge in [0.25, 0.3) is 5.91 Å². The van der Waals surface area contributed by atoms with E-state index in [1.54, 1.807) is 18.4 Å². The first-order valence-electron chi connectivity index (χ1n) is 10.3. The topological polar surface area (TPSA) is 70.6 Å². The predicted molar refractivity (Wildman–Crippen MR) is 127 cm³/mol. The number of piperazine rings is 1. The number of carbonyl (C=O) groups excluding carboxylic acids is 1. The first-order chi connectivity index (χ1) is 15.2. The van der Waals surface area contributed by atoms with Crippen molar-refractivity contribution in [3.63, 3.8) is 0 Å². The molecule has 31 heavy (non-hydrogen) atoms. The second-order valence-electron chi connectivity index (χ2n) is 7.37. The summed E-state index contributed by atoms with van der Waals surface area (Å²) in [4.78, 5) is 26.4. The van der Waals surface area contributed by atoms with E-state index < -0.39 is 0 Å². The van der Waals surface area contributed by atoms with Crippen molar-refractivity contribution >= 4 is 54.1 Å². The number of carbonyl (C=O) groups is 1. The van der Waals surface area contributed by atoms with E-state index in [2.05, 4.69) is 26.2 Å². The van der Waals surface area contributed by atoms with E-state index in [-0.39, 0.29) is 5.91 Å². The molecule has 0 unspecified atom stereocenters. The van der Waals surface area contributed by atoms with E-state index in [9.17, 15) is 4.79 Å². The summed E-state index contributed by atoms with van der Waals surface area (Å²) in [5, 5.41) is 4.58. The average Bonchev–Trinajstić information content (AvgIpc) is 3.43. The number of para-hydroxylation sites is 2. The Morgan fingerprint density at radius 1 is 1.03 bits per heavy atom. The van der Waals surface area contributed by atoms with Gasteiger partial charge in [-0.25, -0.2) is 9.97 Å². The van der Waals surface area contributed by atoms with Gasteiger partial charge in [0.1, 0.15) is 11.3 Å². The lowest BCUT2D eigenvalue weighted by Crippen LogP contribution is -2.48. The van der Waals surface area contributed by atoms with Crippen LogP contribution < -0.4 is 15.0 Å². The second-order valence-corrected chi connectivity index (χ2v) is 9.41. The Balaban J connectivity index is 1.12. The number of thiazole rings is 2. The van der Waals surface area contributed by atoms with Crippen LogP contribution in [0.4, 0.5) is 5.13 Å². The minimum atomic E-state index is -0.0942. The fourth-order valence-corrected chi connectivity index (χ4v) is 5.66. The lowest BCUT2D eigenvalue weighted by Gasteiger charge is -2.34. The minimum absolute atomic E-state index is 0.0942. The quantitative estimate of drug-likeness (QED) is 0.482. The van der Waals surface area contributed by atoms with Crippen molar-refractivity contribution in [2.75, 3.05) is 51.3 Å². The number of fused-ring (bicyclic) bond motifs is 2. The smallest absolute Gasteiger partial charge is 0.280 e. The standard InChI is InChI=1S/C22H23N5O2S2/c1-29-16-6-4-8-18-19(16)25-22(31-18)27-13-11-26(12-14-27)10-9-23-20(28)21-24-15-5-2-3-7-17(15)30-21/h2-8H,9-14H2,1H3,(H,23,28). The summed E-state index contributed by atoms with van der Waals surface area (Å²) in [5.41, 5.74) is 1.81. The van der Waals surface area contributed by atoms with Crippen molar-refractivity contribution in [2.45, 2.75) is 0 Å². The molecule has 1 fully saturated rings. The fraction of sp³-hybridized carbons (Fsp3) is 0.318. The Morgan fingerprint density at radius 2 is 1.84 bits per heavy atom. The minimum Gasteiger partial charge on any atom is -0.494 e. The van der Waals surface area contributed by atoms with E-state index in [4.69, 9.17) is 9.72 Å². The van der Waals surface area contributed by atoms with Crippen LogP contribution in [0.3, 0.4) is 0 Å². The molecule has 1 saturated heterocycles. The van der Waals surface area contributed by atoms with Crippen molar-refractivity contribution in [2.24, 2.45) is 0 Å². The Morgan fingerprint density at radius 3 is 2.65 bits per heavy atom. The summed E-state index contributed by atoms with van der Waals surface area (Å²) in [6.45, 7) is 5.20. The third-order valence-electron chi connectivity index (χ3n) is 5.44. The average molecular weight is 454 g/mol. The van der Waals surface area contributed by atoms with Crippen LogP contribution in [-0.2, 0) is 0 Å². The van der Waals surface area contributed by atoms with Crippen molar-refractivity contribution in [3.05, 3.63) is 47.5 Å². The maximum atomic E-state index is 12.4. The van der Waals surface area contributed by atoms with E-state index in [1.807, 2.05) is 36.4 Å². The number of nitrogens with zero attached hydrogens (tertiary/aromatic N) is 4. The van der Waals surface area contributed by atoms with Crippen molar-refractivity contribution in [3.8, 4) is 5.75 Å². The van der Waals surface area contributed by atoms with Crippen LogP contribution in [0.25, 0.3) is 20.4 Å². The third kappa shape index (κ3) is 4.21. The normalized spacial score (nSPS) is 14.9. The Kier molecular flexibility index (Phi) is 5.71. The monoisotopic (exact) mass is 453 g/mol. The second kappa shape index (κ2) is 8.78. The maximum absolute atomic E-state index is 12.4. The lowest BCUT2D eigenvalue weighted by molar-refractivity contribution is 0.0947. The van der Waals surface area contributed by atoms with Crippen molar-refractivity contribution in [1.29, 1.82) is 0 Å². The van der Waals surface area contributed by atoms with E-state index in [0.717, 1.165) is 64.0 Å². The number of ether oxygens (including phenoxy) is 1. The SMILES string of the molecule is COc1cccc2sc(N3CCN(CCNC(=O)c4nc5ccccc5s4)CC3)nc12. The largest absolute Gasteiger partial charge is 0.494 e. The zero-order valence-electron chi connectivity index (χ0n) is 17.2. The molecule has 0 radical (unpaired) electrons. The summed E-state index contributed by atoms with van der Waals surface area (Å²) in [6.07, 6.45) is 0. The molecule has 7 nitrogen and oxygen atoms in total. The van der Waals surface area contributed by atoms with Crippen LogP contribution in [0.15, 0.2) is 42.5 Å². The molecule has 3 heterocycles. The van der Waals surface area contributed by atoms with Gasteiger partial charge in [-0.1, -0.05) is 29.5 Å². The summed E-state index contributed by atoms with van der Waals surface area (Å²) < 4.78 is 7.62. The molecule has 2 aromatic heterocycles. The van der Waals surface area contributed by atoms with E-state index >= 15 is 0 Å². The molecule has 5 rings (SSSR count). The number of nitrogens with one attached hydrogen (secondary N) is 1. The molecule has 2 aromatic carbocycles. The highest BCUT2D eigenvalue weighted by Crippen LogP contribution is 2.34. The molecule has 0 atom stereocenters. The van der Waals surface area contributed by atoms with E-state index in [0.29, 0.717) is 11.6 Å². The van der Waals surface area contributed by atoms with Crippen LogP contribution in [-0.4, -0.2) is 67.2 Å². The highest BCUT2D eigenvalue weighted by molar-refractivity contribution is 7.22. The van der Waals surface area contributed by atoms with Gasteiger partial charge in [0.2, 0.25) is 0 Å². The van der Waals surface area contributed by atoms with Crippen LogP contribution in [0.5, 0.6) is 5.75 Å². The number of amides is 1. The van der Waals surface area contributed by atoms with Gasteiger partial charge < -0.3 is 15.0 Å². The summed E-state index contributed by atoms with van der Waals surface area (Å²) in [5.74, 6) is 0.728. The molecule has 1 N–H and O–H groups in total. The molecule has 9 heteroatoms. The van der Waals surface area contributed by atoms with Gasteiger partial charge in [-0.15, -0.1) is 11.3 Å². The van der Waals surface area contributed by atoms with Gasteiger partial charge in [-0.3, -0.25) is 9.69 Å². The number of anilines is 1. The molecule has 0 saturated carbocycles. The zero-order chi connectivity index (χ0) is 21.2. The molecule has 0 aliphatic carbocycles. The molecule has 1 aliphatic rings. The molecule has 0 spiro atoms. The Bertz CT molecular complexity index is 1180. The Labute approximate surface area is 188 Å². The van der Waals surface area contributed by atoms with E-state index in [1.165, 1.54) is 11.3 Å². The number of methoxy groups -OCH3 is 1.